The van der Waals surface area contributed by atoms with E-state index in [1.165, 1.54) is 19.1 Å². The van der Waals surface area contributed by atoms with E-state index >= 15 is 0 Å². The van der Waals surface area contributed by atoms with Gasteiger partial charge in [-0.1, -0.05) is 15.9 Å². The van der Waals surface area contributed by atoms with Gasteiger partial charge in [0.25, 0.3) is 0 Å². The van der Waals surface area contributed by atoms with Crippen LogP contribution in [0.4, 0.5) is 8.78 Å². The van der Waals surface area contributed by atoms with E-state index in [1.807, 2.05) is 0 Å². The Morgan fingerprint density at radius 3 is 2.28 bits per heavy atom. The van der Waals surface area contributed by atoms with Crippen molar-refractivity contribution < 1.29 is 23.0 Å². The Balaban J connectivity index is 2.94. The molecule has 0 saturated heterocycles. The molecule has 1 aromatic rings. The average molecular weight is 323 g/mol. The first-order chi connectivity index (χ1) is 8.27. The van der Waals surface area contributed by atoms with E-state index < -0.39 is 12.1 Å². The molecule has 18 heavy (non-hydrogen) atoms. The molecule has 3 nitrogen and oxygen atoms in total. The number of rotatable bonds is 4. The largest absolute Gasteiger partial charge is 0.502 e. The molecule has 0 atom stereocenters. The lowest BCUT2D eigenvalue weighted by Crippen LogP contribution is -2.36. The number of carbonyl (C=O) groups excluding carboxylic acids is 1. The van der Waals surface area contributed by atoms with E-state index in [2.05, 4.69) is 25.4 Å². The number of hydrogen-bond acceptors (Lipinski definition) is 3. The SMILES string of the molecule is CCOC(=O)C(F)(F)Oc1cc(C)c(Br)c(C)c1. The summed E-state index contributed by atoms with van der Waals surface area (Å²) in [6, 6.07) is 2.84. The summed E-state index contributed by atoms with van der Waals surface area (Å²) >= 11 is 3.31. The van der Waals surface area contributed by atoms with Crippen molar-refractivity contribution in [1.29, 1.82) is 0 Å². The summed E-state index contributed by atoms with van der Waals surface area (Å²) in [4.78, 5) is 11.0. The van der Waals surface area contributed by atoms with Crippen molar-refractivity contribution in [3.05, 3.63) is 27.7 Å². The maximum atomic E-state index is 13.3. The van der Waals surface area contributed by atoms with Crippen LogP contribution in [0, 0.1) is 13.8 Å². The Kier molecular flexibility index (Phi) is 4.67. The van der Waals surface area contributed by atoms with Gasteiger partial charge in [0.15, 0.2) is 0 Å². The maximum absolute atomic E-state index is 13.3. The van der Waals surface area contributed by atoms with Gasteiger partial charge in [0.05, 0.1) is 6.61 Å². The van der Waals surface area contributed by atoms with Gasteiger partial charge in [0, 0.05) is 4.47 Å². The Morgan fingerprint density at radius 1 is 1.33 bits per heavy atom. The van der Waals surface area contributed by atoms with Crippen molar-refractivity contribution in [1.82, 2.24) is 0 Å². The number of aryl methyl sites for hydroxylation is 2. The van der Waals surface area contributed by atoms with E-state index in [-0.39, 0.29) is 12.4 Å². The number of esters is 1. The molecular weight excluding hydrogens is 310 g/mol. The minimum Gasteiger partial charge on any atom is -0.459 e. The standard InChI is InChI=1S/C12H13BrF2O3/c1-4-17-11(16)12(14,15)18-9-5-7(2)10(13)8(3)6-9/h5-6H,4H2,1-3H3. The lowest BCUT2D eigenvalue weighted by atomic mass is 10.1. The molecule has 0 fully saturated rings. The molecule has 6 heteroatoms. The topological polar surface area (TPSA) is 35.5 Å². The molecule has 0 aliphatic carbocycles. The van der Waals surface area contributed by atoms with Crippen LogP contribution in [0.2, 0.25) is 0 Å². The summed E-state index contributed by atoms with van der Waals surface area (Å²) < 4.78 is 36.1. The number of benzene rings is 1. The molecule has 0 radical (unpaired) electrons. The Bertz CT molecular complexity index is 438. The van der Waals surface area contributed by atoms with Crippen LogP contribution in [0.3, 0.4) is 0 Å². The molecule has 0 aromatic heterocycles. The minimum absolute atomic E-state index is 0.0775. The summed E-state index contributed by atoms with van der Waals surface area (Å²) in [5.74, 6) is -1.77. The number of ether oxygens (including phenoxy) is 2. The summed E-state index contributed by atoms with van der Waals surface area (Å²) in [7, 11) is 0. The van der Waals surface area contributed by atoms with Gasteiger partial charge in [0.1, 0.15) is 5.75 Å². The van der Waals surface area contributed by atoms with Gasteiger partial charge >= 0.3 is 12.1 Å². The first-order valence-corrected chi connectivity index (χ1v) is 6.08. The Morgan fingerprint density at radius 2 is 1.83 bits per heavy atom. The van der Waals surface area contributed by atoms with Crippen LogP contribution in [0.15, 0.2) is 16.6 Å². The zero-order chi connectivity index (χ0) is 13.9. The minimum atomic E-state index is -3.98. The predicted molar refractivity (Wildman–Crippen MR) is 65.8 cm³/mol. The Labute approximate surface area is 112 Å². The van der Waals surface area contributed by atoms with Crippen LogP contribution in [-0.4, -0.2) is 18.7 Å². The number of carbonyl (C=O) groups is 1. The second-order valence-corrected chi connectivity index (χ2v) is 4.50. The molecule has 0 saturated carbocycles. The zero-order valence-corrected chi connectivity index (χ0v) is 11.8. The molecule has 1 aromatic carbocycles. The van der Waals surface area contributed by atoms with Gasteiger partial charge in [-0.2, -0.15) is 8.78 Å². The fourth-order valence-corrected chi connectivity index (χ4v) is 1.60. The molecule has 0 spiro atoms. The lowest BCUT2D eigenvalue weighted by Gasteiger charge is -2.17. The highest BCUT2D eigenvalue weighted by molar-refractivity contribution is 9.10. The van der Waals surface area contributed by atoms with E-state index in [1.54, 1.807) is 13.8 Å². The van der Waals surface area contributed by atoms with Gasteiger partial charge in [-0.25, -0.2) is 4.79 Å². The number of hydrogen-bond donors (Lipinski definition) is 0. The molecule has 0 bridgehead atoms. The highest BCUT2D eigenvalue weighted by Gasteiger charge is 2.44. The molecule has 1 rings (SSSR count). The van der Waals surface area contributed by atoms with Crippen LogP contribution >= 0.6 is 15.9 Å². The molecule has 0 heterocycles. The molecule has 0 unspecified atom stereocenters. The highest BCUT2D eigenvalue weighted by Crippen LogP contribution is 2.29. The second-order valence-electron chi connectivity index (χ2n) is 3.71. The summed E-state index contributed by atoms with van der Waals surface area (Å²) in [5.41, 5.74) is 1.48. The van der Waals surface area contributed by atoms with Crippen molar-refractivity contribution in [2.24, 2.45) is 0 Å². The van der Waals surface area contributed by atoms with Crippen LogP contribution < -0.4 is 4.74 Å². The monoisotopic (exact) mass is 322 g/mol. The van der Waals surface area contributed by atoms with Crippen LogP contribution in [-0.2, 0) is 9.53 Å². The third-order valence-electron chi connectivity index (χ3n) is 2.17. The van der Waals surface area contributed by atoms with E-state index in [4.69, 9.17) is 0 Å². The van der Waals surface area contributed by atoms with Crippen molar-refractivity contribution >= 4 is 21.9 Å². The van der Waals surface area contributed by atoms with E-state index in [0.29, 0.717) is 0 Å². The number of halogens is 3. The second kappa shape index (κ2) is 5.65. The fourth-order valence-electron chi connectivity index (χ4n) is 1.37. The van der Waals surface area contributed by atoms with Crippen molar-refractivity contribution in [3.8, 4) is 5.75 Å². The van der Waals surface area contributed by atoms with Gasteiger partial charge in [0.2, 0.25) is 0 Å². The fraction of sp³-hybridized carbons (Fsp3) is 0.417. The third kappa shape index (κ3) is 3.41. The van der Waals surface area contributed by atoms with E-state index in [9.17, 15) is 13.6 Å². The smallest absolute Gasteiger partial charge is 0.459 e. The first-order valence-electron chi connectivity index (χ1n) is 5.28. The summed E-state index contributed by atoms with van der Waals surface area (Å²) in [5, 5.41) is 0. The first kappa shape index (κ1) is 14.9. The van der Waals surface area contributed by atoms with Crippen LogP contribution in [0.25, 0.3) is 0 Å². The van der Waals surface area contributed by atoms with Gasteiger partial charge in [-0.3, -0.25) is 0 Å². The van der Waals surface area contributed by atoms with Crippen molar-refractivity contribution in [3.63, 3.8) is 0 Å². The average Bonchev–Trinajstić information content (AvgIpc) is 2.25. The summed E-state index contributed by atoms with van der Waals surface area (Å²) in [6.45, 7) is 4.80. The molecule has 100 valence electrons. The highest BCUT2D eigenvalue weighted by atomic mass is 79.9. The van der Waals surface area contributed by atoms with Crippen molar-refractivity contribution in [2.45, 2.75) is 26.9 Å². The van der Waals surface area contributed by atoms with Crippen LogP contribution in [0.1, 0.15) is 18.1 Å². The zero-order valence-electron chi connectivity index (χ0n) is 10.2. The lowest BCUT2D eigenvalue weighted by molar-refractivity contribution is -0.216. The van der Waals surface area contributed by atoms with Crippen LogP contribution in [0.5, 0.6) is 5.75 Å². The molecule has 0 N–H and O–H groups in total. The normalized spacial score (nSPS) is 11.2. The number of alkyl halides is 2. The molecule has 0 amide bonds. The quantitative estimate of drug-likeness (QED) is 0.794. The maximum Gasteiger partial charge on any atom is 0.502 e. The molecule has 0 aliphatic rings. The van der Waals surface area contributed by atoms with Gasteiger partial charge < -0.3 is 9.47 Å². The molecule has 0 aliphatic heterocycles. The summed E-state index contributed by atoms with van der Waals surface area (Å²) in [6.07, 6.45) is -3.98. The third-order valence-corrected chi connectivity index (χ3v) is 3.42. The van der Waals surface area contributed by atoms with Crippen molar-refractivity contribution in [2.75, 3.05) is 6.61 Å². The van der Waals surface area contributed by atoms with Gasteiger partial charge in [-0.15, -0.1) is 0 Å². The molecular formula is C12H13BrF2O3. The Hall–Kier alpha value is -1.17. The van der Waals surface area contributed by atoms with Gasteiger partial charge in [-0.05, 0) is 44.0 Å². The predicted octanol–water partition coefficient (Wildman–Crippen LogP) is 3.60. The van der Waals surface area contributed by atoms with E-state index in [0.717, 1.165) is 15.6 Å².